The number of aliphatic carboxylic acids is 1. The van der Waals surface area contributed by atoms with Gasteiger partial charge in [-0.05, 0) is 24.3 Å². The molecule has 0 aliphatic heterocycles. The maximum absolute atomic E-state index is 11.8. The number of nitrogens with one attached hydrogen (secondary N) is 1. The lowest BCUT2D eigenvalue weighted by molar-refractivity contribution is -0.138. The van der Waals surface area contributed by atoms with E-state index in [9.17, 15) is 13.2 Å². The van der Waals surface area contributed by atoms with Crippen LogP contribution in [0.25, 0.3) is 0 Å². The van der Waals surface area contributed by atoms with Crippen LogP contribution < -0.4 is 10.5 Å². The van der Waals surface area contributed by atoms with Crippen LogP contribution in [0, 0.1) is 11.3 Å². The Labute approximate surface area is 104 Å². The highest BCUT2D eigenvalue weighted by Crippen LogP contribution is 2.10. The van der Waals surface area contributed by atoms with Crippen molar-refractivity contribution < 1.29 is 18.3 Å². The summed E-state index contributed by atoms with van der Waals surface area (Å²) in [7, 11) is -3.96. The molecule has 96 valence electrons. The van der Waals surface area contributed by atoms with Crippen molar-refractivity contribution in [2.24, 2.45) is 5.73 Å². The molecule has 0 saturated heterocycles. The first kappa shape index (κ1) is 14.1. The van der Waals surface area contributed by atoms with E-state index >= 15 is 0 Å². The van der Waals surface area contributed by atoms with Gasteiger partial charge in [-0.2, -0.15) is 9.98 Å². The fourth-order valence-electron chi connectivity index (χ4n) is 1.16. The first-order valence-electron chi connectivity index (χ1n) is 4.86. The first-order valence-corrected chi connectivity index (χ1v) is 6.34. The topological polar surface area (TPSA) is 133 Å². The van der Waals surface area contributed by atoms with E-state index in [-0.39, 0.29) is 11.4 Å². The predicted octanol–water partition coefficient (Wildman–Crippen LogP) is -0.752. The number of carboxylic acid groups (broad SMARTS) is 1. The second-order valence-electron chi connectivity index (χ2n) is 3.38. The van der Waals surface area contributed by atoms with Crippen LogP contribution in [0.15, 0.2) is 29.2 Å². The summed E-state index contributed by atoms with van der Waals surface area (Å²) in [5.41, 5.74) is 5.46. The maximum atomic E-state index is 11.8. The van der Waals surface area contributed by atoms with E-state index < -0.39 is 22.0 Å². The van der Waals surface area contributed by atoms with Crippen LogP contribution in [0.5, 0.6) is 0 Å². The minimum atomic E-state index is -3.96. The van der Waals surface area contributed by atoms with E-state index in [1.54, 1.807) is 0 Å². The summed E-state index contributed by atoms with van der Waals surface area (Å²) < 4.78 is 25.5. The van der Waals surface area contributed by atoms with Gasteiger partial charge in [-0.1, -0.05) is 0 Å². The fraction of sp³-hybridized carbons (Fsp3) is 0.200. The van der Waals surface area contributed by atoms with Gasteiger partial charge in [0.15, 0.2) is 0 Å². The summed E-state index contributed by atoms with van der Waals surface area (Å²) in [4.78, 5) is 10.6. The van der Waals surface area contributed by atoms with Crippen LogP contribution in [-0.4, -0.2) is 32.1 Å². The summed E-state index contributed by atoms with van der Waals surface area (Å²) >= 11 is 0. The average Bonchev–Trinajstić information content (AvgIpc) is 2.35. The lowest BCUT2D eigenvalue weighted by atomic mass is 10.2. The molecule has 0 heterocycles. The highest BCUT2D eigenvalue weighted by molar-refractivity contribution is 7.89. The Hall–Kier alpha value is -1.95. The van der Waals surface area contributed by atoms with E-state index in [4.69, 9.17) is 16.1 Å². The number of carboxylic acids is 1. The Morgan fingerprint density at radius 1 is 1.44 bits per heavy atom. The molecule has 0 bridgehead atoms. The minimum absolute atomic E-state index is 0.124. The molecule has 0 fully saturated rings. The van der Waals surface area contributed by atoms with Crippen molar-refractivity contribution in [3.8, 4) is 6.07 Å². The van der Waals surface area contributed by atoms with Gasteiger partial charge in [-0.15, -0.1) is 0 Å². The quantitative estimate of drug-likeness (QED) is 0.644. The van der Waals surface area contributed by atoms with Crippen molar-refractivity contribution in [1.29, 1.82) is 5.26 Å². The molecule has 0 aliphatic rings. The highest BCUT2D eigenvalue weighted by atomic mass is 32.2. The predicted molar refractivity (Wildman–Crippen MR) is 62.0 cm³/mol. The van der Waals surface area contributed by atoms with Crippen LogP contribution in [0.1, 0.15) is 5.56 Å². The monoisotopic (exact) mass is 269 g/mol. The smallest absolute Gasteiger partial charge is 0.323 e. The van der Waals surface area contributed by atoms with Gasteiger partial charge < -0.3 is 10.8 Å². The van der Waals surface area contributed by atoms with Crippen LogP contribution in [0.3, 0.4) is 0 Å². The molecule has 0 saturated carbocycles. The summed E-state index contributed by atoms with van der Waals surface area (Å²) in [6.45, 7) is -0.356. The second-order valence-corrected chi connectivity index (χ2v) is 5.10. The Bertz CT molecular complexity index is 574. The normalized spacial score (nSPS) is 12.7. The number of rotatable bonds is 5. The highest BCUT2D eigenvalue weighted by Gasteiger charge is 2.23. The molecule has 0 radical (unpaired) electrons. The van der Waals surface area contributed by atoms with Crippen LogP contribution in [0.4, 0.5) is 0 Å². The standard InChI is InChI=1S/C10H11N3O4S/c11-5-7-1-3-8(4-2-7)18(16,17)13-9(6-12)10(14)15/h1-4,9,13H,6,12H2,(H,14,15). The summed E-state index contributed by atoms with van der Waals surface area (Å²) in [5.74, 6) is -1.35. The maximum Gasteiger partial charge on any atom is 0.323 e. The zero-order valence-corrected chi connectivity index (χ0v) is 10.0. The van der Waals surface area contributed by atoms with Crippen LogP contribution in [0.2, 0.25) is 0 Å². The van der Waals surface area contributed by atoms with Crippen molar-refractivity contribution in [2.75, 3.05) is 6.54 Å². The van der Waals surface area contributed by atoms with Gasteiger partial charge in [0.2, 0.25) is 10.0 Å². The van der Waals surface area contributed by atoms with Gasteiger partial charge in [-0.3, -0.25) is 4.79 Å². The molecule has 1 rings (SSSR count). The summed E-state index contributed by atoms with van der Waals surface area (Å²) in [6, 6.07) is 5.55. The Kier molecular flexibility index (Phi) is 4.38. The van der Waals surface area contributed by atoms with Crippen LogP contribution >= 0.6 is 0 Å². The molecular formula is C10H11N3O4S. The van der Waals surface area contributed by atoms with Crippen molar-refractivity contribution in [3.63, 3.8) is 0 Å². The molecule has 0 aliphatic carbocycles. The number of sulfonamides is 1. The van der Waals surface area contributed by atoms with Gasteiger partial charge in [0.05, 0.1) is 16.5 Å². The van der Waals surface area contributed by atoms with Crippen LogP contribution in [-0.2, 0) is 14.8 Å². The molecule has 7 nitrogen and oxygen atoms in total. The Morgan fingerprint density at radius 2 is 2.00 bits per heavy atom. The number of nitrogens with zero attached hydrogens (tertiary/aromatic N) is 1. The zero-order valence-electron chi connectivity index (χ0n) is 9.20. The molecule has 1 aromatic carbocycles. The zero-order chi connectivity index (χ0) is 13.8. The lowest BCUT2D eigenvalue weighted by Crippen LogP contribution is -2.45. The molecule has 1 aromatic rings. The first-order chi connectivity index (χ1) is 8.40. The fourth-order valence-corrected chi connectivity index (χ4v) is 2.37. The molecule has 0 amide bonds. The number of benzene rings is 1. The largest absolute Gasteiger partial charge is 0.480 e. The Balaban J connectivity index is 2.99. The third kappa shape index (κ3) is 3.27. The number of nitrogens with two attached hydrogens (primary N) is 1. The lowest BCUT2D eigenvalue weighted by Gasteiger charge is -2.12. The van der Waals surface area contributed by atoms with Crippen molar-refractivity contribution >= 4 is 16.0 Å². The average molecular weight is 269 g/mol. The molecule has 1 unspecified atom stereocenters. The van der Waals surface area contributed by atoms with Crippen molar-refractivity contribution in [2.45, 2.75) is 10.9 Å². The van der Waals surface area contributed by atoms with E-state index in [1.807, 2.05) is 10.8 Å². The molecule has 1 atom stereocenters. The molecule has 18 heavy (non-hydrogen) atoms. The van der Waals surface area contributed by atoms with Gasteiger partial charge >= 0.3 is 5.97 Å². The molecule has 0 aromatic heterocycles. The summed E-state index contributed by atoms with van der Waals surface area (Å²) in [6.07, 6.45) is 0. The number of hydrogen-bond donors (Lipinski definition) is 3. The minimum Gasteiger partial charge on any atom is -0.480 e. The van der Waals surface area contributed by atoms with Gasteiger partial charge in [0.1, 0.15) is 6.04 Å². The van der Waals surface area contributed by atoms with Gasteiger partial charge in [0, 0.05) is 6.54 Å². The van der Waals surface area contributed by atoms with Gasteiger partial charge in [0.25, 0.3) is 0 Å². The second kappa shape index (κ2) is 5.59. The van der Waals surface area contributed by atoms with E-state index in [0.717, 1.165) is 0 Å². The number of hydrogen-bond acceptors (Lipinski definition) is 5. The van der Waals surface area contributed by atoms with E-state index in [0.29, 0.717) is 5.56 Å². The Morgan fingerprint density at radius 3 is 2.39 bits per heavy atom. The molecular weight excluding hydrogens is 258 g/mol. The van der Waals surface area contributed by atoms with Crippen molar-refractivity contribution in [1.82, 2.24) is 4.72 Å². The van der Waals surface area contributed by atoms with E-state index in [1.165, 1.54) is 24.3 Å². The van der Waals surface area contributed by atoms with Crippen molar-refractivity contribution in [3.05, 3.63) is 29.8 Å². The number of nitriles is 1. The third-order valence-electron chi connectivity index (χ3n) is 2.12. The number of carbonyl (C=O) groups is 1. The molecule has 8 heteroatoms. The third-order valence-corrected chi connectivity index (χ3v) is 3.61. The SMILES string of the molecule is N#Cc1ccc(S(=O)(=O)NC(CN)C(=O)O)cc1. The summed E-state index contributed by atoms with van der Waals surface area (Å²) in [5, 5.41) is 17.3. The van der Waals surface area contributed by atoms with Gasteiger partial charge in [-0.25, -0.2) is 8.42 Å². The molecule has 4 N–H and O–H groups in total. The van der Waals surface area contributed by atoms with E-state index in [2.05, 4.69) is 0 Å². The molecule has 0 spiro atoms.